The zero-order chi connectivity index (χ0) is 25.5. The fourth-order valence-corrected chi connectivity index (χ4v) is 4.99. The van der Waals surface area contributed by atoms with Gasteiger partial charge in [-0.15, -0.1) is 0 Å². The van der Waals surface area contributed by atoms with Crippen LogP contribution < -0.4 is 4.74 Å². The van der Waals surface area contributed by atoms with E-state index in [4.69, 9.17) is 4.74 Å². The Labute approximate surface area is 215 Å². The first-order chi connectivity index (χ1) is 17.9. The number of aromatic amines is 2. The lowest BCUT2D eigenvalue weighted by Gasteiger charge is -2.20. The van der Waals surface area contributed by atoms with Crippen LogP contribution in [0.25, 0.3) is 44.3 Å². The summed E-state index contributed by atoms with van der Waals surface area (Å²) >= 11 is 0. The highest BCUT2D eigenvalue weighted by Crippen LogP contribution is 2.32. The van der Waals surface area contributed by atoms with E-state index in [0.717, 1.165) is 62.9 Å². The van der Waals surface area contributed by atoms with E-state index in [1.807, 2.05) is 25.2 Å². The predicted octanol–water partition coefficient (Wildman–Crippen LogP) is 5.37. The number of H-pyrrole nitrogens is 2. The highest BCUT2D eigenvalue weighted by atomic mass is 16.5. The number of nitrogens with one attached hydrogen (secondary N) is 2. The normalized spacial score (nSPS) is 15.9. The number of likely N-dealkylation sites (N-methyl/N-ethyl adjacent to an activating group) is 1. The Kier molecular flexibility index (Phi) is 5.87. The van der Waals surface area contributed by atoms with Gasteiger partial charge in [-0.2, -0.15) is 10.2 Å². The largest absolute Gasteiger partial charge is 0.491 e. The summed E-state index contributed by atoms with van der Waals surface area (Å²) in [5.74, 6) is 3.11. The minimum atomic E-state index is 0.141. The summed E-state index contributed by atoms with van der Waals surface area (Å²) in [6.45, 7) is 4.85. The number of ether oxygens (including phenoxy) is 1. The van der Waals surface area contributed by atoms with Crippen LogP contribution in [-0.4, -0.2) is 55.9 Å². The van der Waals surface area contributed by atoms with Crippen molar-refractivity contribution in [3.63, 3.8) is 0 Å². The van der Waals surface area contributed by atoms with Crippen LogP contribution in [0.4, 0.5) is 0 Å². The van der Waals surface area contributed by atoms with E-state index < -0.39 is 0 Å². The summed E-state index contributed by atoms with van der Waals surface area (Å²) in [7, 11) is 1.85. The Balaban J connectivity index is 1.25. The van der Waals surface area contributed by atoms with Crippen LogP contribution in [0.2, 0.25) is 0 Å². The zero-order valence-electron chi connectivity index (χ0n) is 21.3. The third kappa shape index (κ3) is 4.55. The molecule has 0 bridgehead atoms. The summed E-state index contributed by atoms with van der Waals surface area (Å²) in [6, 6.07) is 18.7. The van der Waals surface area contributed by atoms with Crippen LogP contribution in [0, 0.1) is 5.92 Å². The first-order valence-electron chi connectivity index (χ1n) is 12.8. The van der Waals surface area contributed by atoms with E-state index in [9.17, 15) is 4.79 Å². The Morgan fingerprint density at radius 3 is 2.62 bits per heavy atom. The molecule has 8 nitrogen and oxygen atoms in total. The van der Waals surface area contributed by atoms with Crippen molar-refractivity contribution < 1.29 is 9.53 Å². The maximum atomic E-state index is 11.8. The van der Waals surface area contributed by atoms with Gasteiger partial charge in [-0.1, -0.05) is 32.0 Å². The van der Waals surface area contributed by atoms with Crippen molar-refractivity contribution >= 4 is 27.6 Å². The molecule has 1 aliphatic heterocycles. The summed E-state index contributed by atoms with van der Waals surface area (Å²) in [5.41, 5.74) is 3.85. The Bertz CT molecular complexity index is 1600. The lowest BCUT2D eigenvalue weighted by atomic mass is 10.0. The highest BCUT2D eigenvalue weighted by molar-refractivity contribution is 5.97. The van der Waals surface area contributed by atoms with Gasteiger partial charge in [0.25, 0.3) is 0 Å². The van der Waals surface area contributed by atoms with Crippen LogP contribution in [0.15, 0.2) is 54.6 Å². The smallest absolute Gasteiger partial charge is 0.222 e. The van der Waals surface area contributed by atoms with Gasteiger partial charge >= 0.3 is 0 Å². The Hall–Kier alpha value is -4.20. The summed E-state index contributed by atoms with van der Waals surface area (Å²) in [6.07, 6.45) is 2.32. The van der Waals surface area contributed by atoms with E-state index >= 15 is 0 Å². The fourth-order valence-electron chi connectivity index (χ4n) is 4.99. The zero-order valence-corrected chi connectivity index (χ0v) is 21.3. The van der Waals surface area contributed by atoms with Crippen molar-refractivity contribution in [1.82, 2.24) is 30.3 Å². The van der Waals surface area contributed by atoms with Crippen LogP contribution in [0.1, 0.15) is 32.5 Å². The highest BCUT2D eigenvalue weighted by Gasteiger charge is 2.28. The molecule has 6 rings (SSSR count). The average Bonchev–Trinajstić information content (AvgIpc) is 3.61. The number of hydrogen-bond acceptors (Lipinski definition) is 5. The van der Waals surface area contributed by atoms with Crippen molar-refractivity contribution in [1.29, 1.82) is 0 Å². The van der Waals surface area contributed by atoms with Crippen molar-refractivity contribution in [2.24, 2.45) is 5.92 Å². The molecule has 2 N–H and O–H groups in total. The molecule has 3 aromatic carbocycles. The van der Waals surface area contributed by atoms with E-state index in [0.29, 0.717) is 24.8 Å². The topological polar surface area (TPSA) is 99.8 Å². The number of likely N-dealkylation sites (tertiary alicyclic amines) is 1. The minimum Gasteiger partial charge on any atom is -0.491 e. The quantitative estimate of drug-likeness (QED) is 0.317. The van der Waals surface area contributed by atoms with E-state index in [2.05, 4.69) is 75.6 Å². The van der Waals surface area contributed by atoms with E-state index in [1.54, 1.807) is 4.90 Å². The van der Waals surface area contributed by atoms with Gasteiger partial charge in [0, 0.05) is 36.4 Å². The average molecular weight is 495 g/mol. The van der Waals surface area contributed by atoms with E-state index in [1.165, 1.54) is 0 Å². The molecule has 1 aliphatic rings. The lowest BCUT2D eigenvalue weighted by Crippen LogP contribution is -2.33. The molecule has 0 spiro atoms. The molecular formula is C29H30N6O2. The third-order valence-electron chi connectivity index (χ3n) is 7.11. The van der Waals surface area contributed by atoms with Crippen molar-refractivity contribution in [3.05, 3.63) is 60.4 Å². The van der Waals surface area contributed by atoms with Gasteiger partial charge in [0.15, 0.2) is 5.82 Å². The van der Waals surface area contributed by atoms with Crippen LogP contribution >= 0.6 is 0 Å². The number of carbonyl (C=O) groups is 1. The first kappa shape index (κ1) is 23.2. The molecule has 0 saturated carbocycles. The van der Waals surface area contributed by atoms with Gasteiger partial charge in [0.05, 0.1) is 17.3 Å². The number of carbonyl (C=O) groups excluding carboxylic acids is 1. The molecule has 8 heteroatoms. The van der Waals surface area contributed by atoms with Crippen molar-refractivity contribution in [2.75, 3.05) is 13.7 Å². The lowest BCUT2D eigenvalue weighted by molar-refractivity contribution is -0.127. The number of fused-ring (bicyclic) bond motifs is 2. The van der Waals surface area contributed by atoms with Crippen molar-refractivity contribution in [3.8, 4) is 28.4 Å². The maximum absolute atomic E-state index is 11.8. The monoisotopic (exact) mass is 494 g/mol. The SMILES string of the molecule is CC(C)Cc1nc(-c2ccc3[nH]nc(-c4ccc5cc(OCC6CCC(=O)N6C)ccc5c4)c3c2)n[nH]1. The molecule has 188 valence electrons. The number of aromatic nitrogens is 5. The molecule has 37 heavy (non-hydrogen) atoms. The van der Waals surface area contributed by atoms with Gasteiger partial charge in [-0.25, -0.2) is 4.98 Å². The maximum Gasteiger partial charge on any atom is 0.222 e. The van der Waals surface area contributed by atoms with Crippen LogP contribution in [0.5, 0.6) is 5.75 Å². The molecule has 3 heterocycles. The second kappa shape index (κ2) is 9.35. The molecule has 2 aromatic heterocycles. The molecule has 5 aromatic rings. The van der Waals surface area contributed by atoms with Crippen LogP contribution in [-0.2, 0) is 11.2 Å². The Morgan fingerprint density at radius 1 is 1.00 bits per heavy atom. The number of benzene rings is 3. The number of amides is 1. The van der Waals surface area contributed by atoms with Gasteiger partial charge < -0.3 is 9.64 Å². The predicted molar refractivity (Wildman–Crippen MR) is 144 cm³/mol. The van der Waals surface area contributed by atoms with Gasteiger partial charge in [0.2, 0.25) is 5.91 Å². The number of rotatable bonds is 7. The molecular weight excluding hydrogens is 464 g/mol. The molecule has 1 saturated heterocycles. The third-order valence-corrected chi connectivity index (χ3v) is 7.11. The molecule has 1 unspecified atom stereocenters. The van der Waals surface area contributed by atoms with Gasteiger partial charge in [-0.05, 0) is 59.5 Å². The second-order valence-corrected chi connectivity index (χ2v) is 10.3. The summed E-state index contributed by atoms with van der Waals surface area (Å²) < 4.78 is 6.03. The Morgan fingerprint density at radius 2 is 1.81 bits per heavy atom. The van der Waals surface area contributed by atoms with Crippen molar-refractivity contribution in [2.45, 2.75) is 39.2 Å². The van der Waals surface area contributed by atoms with Gasteiger partial charge in [0.1, 0.15) is 18.2 Å². The molecule has 1 atom stereocenters. The van der Waals surface area contributed by atoms with Gasteiger partial charge in [-0.3, -0.25) is 15.0 Å². The number of nitrogens with zero attached hydrogens (tertiary/aromatic N) is 4. The molecule has 0 radical (unpaired) electrons. The number of hydrogen-bond donors (Lipinski definition) is 2. The second-order valence-electron chi connectivity index (χ2n) is 10.3. The minimum absolute atomic E-state index is 0.141. The summed E-state index contributed by atoms with van der Waals surface area (Å²) in [5, 5.41) is 18.5. The van der Waals surface area contributed by atoms with E-state index in [-0.39, 0.29) is 11.9 Å². The molecule has 1 amide bonds. The molecule has 0 aliphatic carbocycles. The fraction of sp³-hybridized carbons (Fsp3) is 0.310. The summed E-state index contributed by atoms with van der Waals surface area (Å²) in [4.78, 5) is 18.2. The standard InChI is InChI=1S/C29H30N6O2/c1-17(2)12-26-30-29(34-32-26)21-7-10-25-24(15-21)28(33-31-25)20-5-4-19-14-23(9-6-18(19)13-20)37-16-22-8-11-27(36)35(22)3/h4-7,9-10,13-15,17,22H,8,11-12,16H2,1-3H3,(H,31,33)(H,30,32,34). The van der Waals surface area contributed by atoms with Crippen LogP contribution in [0.3, 0.4) is 0 Å². The molecule has 1 fully saturated rings. The first-order valence-corrected chi connectivity index (χ1v) is 12.8.